The maximum Gasteiger partial charge on any atom is 0.303 e. The molecule has 2 saturated heterocycles. The van der Waals surface area contributed by atoms with Gasteiger partial charge in [-0.2, -0.15) is 0 Å². The van der Waals surface area contributed by atoms with Gasteiger partial charge in [0.05, 0.1) is 0 Å². The van der Waals surface area contributed by atoms with Crippen molar-refractivity contribution in [2.75, 3.05) is 13.1 Å². The molecule has 0 saturated carbocycles. The summed E-state index contributed by atoms with van der Waals surface area (Å²) < 4.78 is 0. The second-order valence-electron chi connectivity index (χ2n) is 4.70. The van der Waals surface area contributed by atoms with Crippen LogP contribution in [0.1, 0.15) is 38.5 Å². The third kappa shape index (κ3) is 2.27. The number of hydrogen-bond acceptors (Lipinski definition) is 2. The summed E-state index contributed by atoms with van der Waals surface area (Å²) in [7, 11) is 0. The molecule has 0 spiro atoms. The number of nitrogens with zero attached hydrogens (tertiary/aromatic N) is 1. The van der Waals surface area contributed by atoms with Crippen LogP contribution in [0.4, 0.5) is 0 Å². The minimum absolute atomic E-state index is 0.368. The number of carboxylic acid groups (broad SMARTS) is 1. The number of carbonyl (C=O) groups is 1. The van der Waals surface area contributed by atoms with Gasteiger partial charge in [0.1, 0.15) is 0 Å². The number of rotatable bonds is 2. The van der Waals surface area contributed by atoms with E-state index in [2.05, 4.69) is 4.90 Å². The first kappa shape index (κ1) is 9.97. The van der Waals surface area contributed by atoms with Gasteiger partial charge >= 0.3 is 5.97 Å². The standard InChI is InChI=1S/C11H19NO2/c13-11(14)7-9-6-10-4-2-1-3-5-12(10)8-9/h9-10H,1-8H2,(H,13,14). The molecule has 0 bridgehead atoms. The van der Waals surface area contributed by atoms with Crippen LogP contribution in [-0.2, 0) is 4.79 Å². The SMILES string of the molecule is O=C(O)CC1CC2CCCCCN2C1. The van der Waals surface area contributed by atoms with Gasteiger partial charge in [0.2, 0.25) is 0 Å². The Morgan fingerprint density at radius 1 is 1.36 bits per heavy atom. The van der Waals surface area contributed by atoms with Crippen LogP contribution in [-0.4, -0.2) is 35.1 Å². The molecule has 14 heavy (non-hydrogen) atoms. The molecule has 2 aliphatic heterocycles. The first-order valence-corrected chi connectivity index (χ1v) is 5.71. The van der Waals surface area contributed by atoms with Gasteiger partial charge in [0, 0.05) is 19.0 Å². The fraction of sp³-hybridized carbons (Fsp3) is 0.909. The van der Waals surface area contributed by atoms with Crippen molar-refractivity contribution in [3.8, 4) is 0 Å². The summed E-state index contributed by atoms with van der Waals surface area (Å²) in [6.45, 7) is 2.22. The highest BCUT2D eigenvalue weighted by atomic mass is 16.4. The summed E-state index contributed by atoms with van der Waals surface area (Å²) in [4.78, 5) is 13.1. The van der Waals surface area contributed by atoms with Crippen molar-refractivity contribution in [2.45, 2.75) is 44.6 Å². The lowest BCUT2D eigenvalue weighted by Crippen LogP contribution is -2.28. The summed E-state index contributed by atoms with van der Waals surface area (Å²) in [5.74, 6) is -0.219. The van der Waals surface area contributed by atoms with Gasteiger partial charge in [0.15, 0.2) is 0 Å². The molecule has 2 aliphatic rings. The molecular formula is C11H19NO2. The number of hydrogen-bond donors (Lipinski definition) is 1. The molecule has 2 fully saturated rings. The molecular weight excluding hydrogens is 178 g/mol. The minimum atomic E-state index is -0.632. The molecule has 0 aliphatic carbocycles. The van der Waals surface area contributed by atoms with E-state index in [-0.39, 0.29) is 0 Å². The van der Waals surface area contributed by atoms with Crippen molar-refractivity contribution < 1.29 is 9.90 Å². The quantitative estimate of drug-likeness (QED) is 0.733. The van der Waals surface area contributed by atoms with E-state index in [1.807, 2.05) is 0 Å². The van der Waals surface area contributed by atoms with Crippen molar-refractivity contribution >= 4 is 5.97 Å². The van der Waals surface area contributed by atoms with Crippen molar-refractivity contribution in [1.29, 1.82) is 0 Å². The molecule has 0 radical (unpaired) electrons. The fourth-order valence-corrected chi connectivity index (χ4v) is 2.93. The lowest BCUT2D eigenvalue weighted by molar-refractivity contribution is -0.138. The van der Waals surface area contributed by atoms with Crippen LogP contribution < -0.4 is 0 Å². The topological polar surface area (TPSA) is 40.5 Å². The van der Waals surface area contributed by atoms with Crippen LogP contribution >= 0.6 is 0 Å². The summed E-state index contributed by atoms with van der Waals surface area (Å²) in [6, 6.07) is 0.696. The van der Waals surface area contributed by atoms with E-state index < -0.39 is 5.97 Å². The zero-order chi connectivity index (χ0) is 9.97. The summed E-state index contributed by atoms with van der Waals surface area (Å²) in [6.07, 6.45) is 6.77. The van der Waals surface area contributed by atoms with Crippen molar-refractivity contribution in [2.24, 2.45) is 5.92 Å². The van der Waals surface area contributed by atoms with E-state index in [0.29, 0.717) is 18.4 Å². The average molecular weight is 197 g/mol. The van der Waals surface area contributed by atoms with E-state index in [1.165, 1.54) is 32.2 Å². The van der Waals surface area contributed by atoms with Gasteiger partial charge in [0.25, 0.3) is 0 Å². The second-order valence-corrected chi connectivity index (χ2v) is 4.70. The van der Waals surface area contributed by atoms with Crippen LogP contribution in [0.15, 0.2) is 0 Å². The Bertz CT molecular complexity index is 203. The molecule has 0 aromatic carbocycles. The molecule has 2 rings (SSSR count). The highest BCUT2D eigenvalue weighted by Crippen LogP contribution is 2.31. The monoisotopic (exact) mass is 197 g/mol. The number of fused-ring (bicyclic) bond motifs is 1. The molecule has 1 N–H and O–H groups in total. The van der Waals surface area contributed by atoms with Gasteiger partial charge in [-0.1, -0.05) is 12.8 Å². The fourth-order valence-electron chi connectivity index (χ4n) is 2.93. The highest BCUT2D eigenvalue weighted by Gasteiger charge is 2.33. The maximum absolute atomic E-state index is 10.6. The second kappa shape index (κ2) is 4.30. The largest absolute Gasteiger partial charge is 0.481 e. The average Bonchev–Trinajstić information content (AvgIpc) is 2.34. The Kier molecular flexibility index (Phi) is 3.06. The highest BCUT2D eigenvalue weighted by molar-refractivity contribution is 5.67. The lowest BCUT2D eigenvalue weighted by atomic mass is 9.99. The first-order chi connectivity index (χ1) is 6.75. The predicted molar refractivity (Wildman–Crippen MR) is 54.2 cm³/mol. The van der Waals surface area contributed by atoms with Gasteiger partial charge in [-0.05, 0) is 31.7 Å². The molecule has 2 atom stereocenters. The normalized spacial score (nSPS) is 33.7. The van der Waals surface area contributed by atoms with Gasteiger partial charge in [-0.25, -0.2) is 0 Å². The molecule has 0 aromatic heterocycles. The van der Waals surface area contributed by atoms with Gasteiger partial charge in [-0.15, -0.1) is 0 Å². The minimum Gasteiger partial charge on any atom is -0.481 e. The Labute approximate surface area is 85.1 Å². The Morgan fingerprint density at radius 3 is 3.00 bits per heavy atom. The first-order valence-electron chi connectivity index (χ1n) is 5.71. The van der Waals surface area contributed by atoms with Gasteiger partial charge in [-0.3, -0.25) is 4.79 Å². The zero-order valence-corrected chi connectivity index (χ0v) is 8.61. The van der Waals surface area contributed by atoms with Crippen LogP contribution in [0, 0.1) is 5.92 Å². The molecule has 2 heterocycles. The third-order valence-corrected chi connectivity index (χ3v) is 3.56. The summed E-state index contributed by atoms with van der Waals surface area (Å²) in [5.41, 5.74) is 0. The number of carboxylic acids is 1. The van der Waals surface area contributed by atoms with Gasteiger partial charge < -0.3 is 10.0 Å². The van der Waals surface area contributed by atoms with Crippen molar-refractivity contribution in [1.82, 2.24) is 4.90 Å². The van der Waals surface area contributed by atoms with Crippen LogP contribution in [0.3, 0.4) is 0 Å². The van der Waals surface area contributed by atoms with Crippen LogP contribution in [0.2, 0.25) is 0 Å². The molecule has 3 heteroatoms. The maximum atomic E-state index is 10.6. The molecule has 2 unspecified atom stereocenters. The predicted octanol–water partition coefficient (Wildman–Crippen LogP) is 1.73. The molecule has 80 valence electrons. The smallest absolute Gasteiger partial charge is 0.303 e. The van der Waals surface area contributed by atoms with E-state index >= 15 is 0 Å². The molecule has 0 aromatic rings. The third-order valence-electron chi connectivity index (χ3n) is 3.56. The van der Waals surface area contributed by atoms with E-state index in [0.717, 1.165) is 13.0 Å². The van der Waals surface area contributed by atoms with E-state index in [4.69, 9.17) is 5.11 Å². The Balaban J connectivity index is 1.88. The Morgan fingerprint density at radius 2 is 2.21 bits per heavy atom. The Hall–Kier alpha value is -0.570. The van der Waals surface area contributed by atoms with E-state index in [1.54, 1.807) is 0 Å². The van der Waals surface area contributed by atoms with Crippen molar-refractivity contribution in [3.63, 3.8) is 0 Å². The zero-order valence-electron chi connectivity index (χ0n) is 8.61. The molecule has 3 nitrogen and oxygen atoms in total. The lowest BCUT2D eigenvalue weighted by Gasteiger charge is -2.20. The van der Waals surface area contributed by atoms with Crippen LogP contribution in [0.25, 0.3) is 0 Å². The van der Waals surface area contributed by atoms with Crippen molar-refractivity contribution in [3.05, 3.63) is 0 Å². The summed E-state index contributed by atoms with van der Waals surface area (Å²) in [5, 5.41) is 8.74. The molecule has 0 amide bonds. The summed E-state index contributed by atoms with van der Waals surface area (Å²) >= 11 is 0. The number of aliphatic carboxylic acids is 1. The van der Waals surface area contributed by atoms with Crippen LogP contribution in [0.5, 0.6) is 0 Å². The van der Waals surface area contributed by atoms with E-state index in [9.17, 15) is 4.79 Å².